The summed E-state index contributed by atoms with van der Waals surface area (Å²) in [6, 6.07) is 7.69. The maximum absolute atomic E-state index is 9.03. The summed E-state index contributed by atoms with van der Waals surface area (Å²) in [5.74, 6) is 0. The average molecular weight is 226 g/mol. The molecule has 0 aliphatic carbocycles. The molecule has 0 bridgehead atoms. The number of ether oxygens (including phenoxy) is 2. The van der Waals surface area contributed by atoms with Crippen molar-refractivity contribution >= 4 is 12.6 Å². The monoisotopic (exact) mass is 226 g/mol. The van der Waals surface area contributed by atoms with Gasteiger partial charge in [0.2, 0.25) is 0 Å². The number of rotatable bonds is 2. The minimum absolute atomic E-state index is 0.0473. The lowest BCUT2D eigenvalue weighted by atomic mass is 10.1. The Balaban J connectivity index is 2.13. The SMILES string of the molecule is OCc1cccc(C2COCC(S)O2)c1. The van der Waals surface area contributed by atoms with Gasteiger partial charge < -0.3 is 14.6 Å². The molecule has 0 radical (unpaired) electrons. The molecule has 2 atom stereocenters. The Hall–Kier alpha value is -0.550. The van der Waals surface area contributed by atoms with Crippen molar-refractivity contribution in [3.8, 4) is 0 Å². The van der Waals surface area contributed by atoms with Gasteiger partial charge in [-0.3, -0.25) is 0 Å². The first kappa shape index (κ1) is 11.0. The molecule has 4 heteroatoms. The minimum Gasteiger partial charge on any atom is -0.392 e. The van der Waals surface area contributed by atoms with Gasteiger partial charge in [-0.25, -0.2) is 0 Å². The Kier molecular flexibility index (Phi) is 3.64. The van der Waals surface area contributed by atoms with Crippen molar-refractivity contribution in [3.05, 3.63) is 35.4 Å². The van der Waals surface area contributed by atoms with E-state index in [4.69, 9.17) is 14.6 Å². The van der Waals surface area contributed by atoms with E-state index in [0.29, 0.717) is 13.2 Å². The van der Waals surface area contributed by atoms with Gasteiger partial charge in [-0.05, 0) is 11.1 Å². The van der Waals surface area contributed by atoms with E-state index in [-0.39, 0.29) is 18.1 Å². The van der Waals surface area contributed by atoms with Crippen LogP contribution in [-0.4, -0.2) is 23.8 Å². The summed E-state index contributed by atoms with van der Waals surface area (Å²) in [6.45, 7) is 1.12. The zero-order chi connectivity index (χ0) is 10.7. The number of aliphatic hydroxyl groups excluding tert-OH is 1. The molecule has 1 fully saturated rings. The number of hydrogen-bond donors (Lipinski definition) is 2. The second kappa shape index (κ2) is 4.99. The highest BCUT2D eigenvalue weighted by atomic mass is 32.1. The molecular weight excluding hydrogens is 212 g/mol. The molecule has 1 N–H and O–H groups in total. The van der Waals surface area contributed by atoms with Crippen LogP contribution in [0.4, 0.5) is 0 Å². The van der Waals surface area contributed by atoms with Gasteiger partial charge >= 0.3 is 0 Å². The lowest BCUT2D eigenvalue weighted by Gasteiger charge is -2.27. The highest BCUT2D eigenvalue weighted by Crippen LogP contribution is 2.25. The first-order chi connectivity index (χ1) is 7.29. The zero-order valence-electron chi connectivity index (χ0n) is 8.30. The predicted molar refractivity (Wildman–Crippen MR) is 59.8 cm³/mol. The van der Waals surface area contributed by atoms with Gasteiger partial charge in [-0.1, -0.05) is 24.3 Å². The van der Waals surface area contributed by atoms with Gasteiger partial charge in [0.25, 0.3) is 0 Å². The van der Waals surface area contributed by atoms with Crippen LogP contribution in [-0.2, 0) is 16.1 Å². The van der Waals surface area contributed by atoms with Crippen LogP contribution in [0.25, 0.3) is 0 Å². The molecule has 1 aromatic carbocycles. The fraction of sp³-hybridized carbons (Fsp3) is 0.455. The maximum Gasteiger partial charge on any atom is 0.124 e. The van der Waals surface area contributed by atoms with Crippen LogP contribution in [0.2, 0.25) is 0 Å². The maximum atomic E-state index is 9.03. The van der Waals surface area contributed by atoms with Crippen molar-refractivity contribution in [1.82, 2.24) is 0 Å². The molecule has 0 amide bonds. The van der Waals surface area contributed by atoms with E-state index in [2.05, 4.69) is 12.6 Å². The molecule has 15 heavy (non-hydrogen) atoms. The summed E-state index contributed by atoms with van der Waals surface area (Å²) in [7, 11) is 0. The van der Waals surface area contributed by atoms with Gasteiger partial charge in [-0.2, -0.15) is 0 Å². The van der Waals surface area contributed by atoms with E-state index in [0.717, 1.165) is 11.1 Å². The zero-order valence-corrected chi connectivity index (χ0v) is 9.19. The largest absolute Gasteiger partial charge is 0.392 e. The lowest BCUT2D eigenvalue weighted by Crippen LogP contribution is -2.27. The van der Waals surface area contributed by atoms with E-state index in [1.54, 1.807) is 0 Å². The first-order valence-corrected chi connectivity index (χ1v) is 5.42. The van der Waals surface area contributed by atoms with Crippen LogP contribution in [0.15, 0.2) is 24.3 Å². The second-order valence-corrected chi connectivity index (χ2v) is 4.10. The summed E-state index contributed by atoms with van der Waals surface area (Å²) in [5, 5.41) is 9.03. The van der Waals surface area contributed by atoms with Crippen molar-refractivity contribution in [2.24, 2.45) is 0 Å². The molecule has 1 saturated heterocycles. The van der Waals surface area contributed by atoms with E-state index in [9.17, 15) is 0 Å². The summed E-state index contributed by atoms with van der Waals surface area (Å²) in [5.41, 5.74) is 1.75. The van der Waals surface area contributed by atoms with Gasteiger partial charge in [0.05, 0.1) is 19.8 Å². The van der Waals surface area contributed by atoms with E-state index in [1.807, 2.05) is 24.3 Å². The Labute approximate surface area is 94.4 Å². The number of thiol groups is 1. The summed E-state index contributed by atoms with van der Waals surface area (Å²) < 4.78 is 11.0. The quantitative estimate of drug-likeness (QED) is 0.751. The number of aliphatic hydroxyl groups is 1. The van der Waals surface area contributed by atoms with Gasteiger partial charge in [0.1, 0.15) is 11.5 Å². The lowest BCUT2D eigenvalue weighted by molar-refractivity contribution is -0.105. The van der Waals surface area contributed by atoms with Crippen LogP contribution in [0.3, 0.4) is 0 Å². The molecule has 1 aromatic rings. The van der Waals surface area contributed by atoms with Crippen LogP contribution >= 0.6 is 12.6 Å². The third-order valence-corrected chi connectivity index (χ3v) is 2.63. The third-order valence-electron chi connectivity index (χ3n) is 2.36. The molecule has 2 unspecified atom stereocenters. The molecule has 0 saturated carbocycles. The van der Waals surface area contributed by atoms with E-state index >= 15 is 0 Å². The fourth-order valence-electron chi connectivity index (χ4n) is 1.61. The first-order valence-electron chi connectivity index (χ1n) is 4.90. The summed E-state index contributed by atoms with van der Waals surface area (Å²) in [4.78, 5) is 0. The normalized spacial score (nSPS) is 26.5. The number of hydrogen-bond acceptors (Lipinski definition) is 4. The fourth-order valence-corrected chi connectivity index (χ4v) is 1.86. The topological polar surface area (TPSA) is 38.7 Å². The van der Waals surface area contributed by atoms with Crippen molar-refractivity contribution in [3.63, 3.8) is 0 Å². The molecule has 1 aliphatic heterocycles. The predicted octanol–water partition coefficient (Wildman–Crippen LogP) is 1.52. The smallest absolute Gasteiger partial charge is 0.124 e. The molecule has 0 spiro atoms. The Morgan fingerprint density at radius 2 is 2.27 bits per heavy atom. The Morgan fingerprint density at radius 1 is 1.40 bits per heavy atom. The standard InChI is InChI=1S/C11H14O3S/c12-5-8-2-1-3-9(4-8)10-6-13-7-11(15)14-10/h1-4,10-12,15H,5-7H2. The van der Waals surface area contributed by atoms with E-state index < -0.39 is 0 Å². The second-order valence-electron chi connectivity index (χ2n) is 3.52. The van der Waals surface area contributed by atoms with Gasteiger partial charge in [0.15, 0.2) is 0 Å². The highest BCUT2D eigenvalue weighted by molar-refractivity contribution is 7.80. The Morgan fingerprint density at radius 3 is 3.00 bits per heavy atom. The molecule has 2 rings (SSSR count). The molecule has 82 valence electrons. The molecule has 1 heterocycles. The van der Waals surface area contributed by atoms with Crippen LogP contribution in [0, 0.1) is 0 Å². The molecule has 3 nitrogen and oxygen atoms in total. The van der Waals surface area contributed by atoms with Crippen LogP contribution < -0.4 is 0 Å². The highest BCUT2D eigenvalue weighted by Gasteiger charge is 2.21. The van der Waals surface area contributed by atoms with Crippen molar-refractivity contribution in [2.45, 2.75) is 18.1 Å². The minimum atomic E-state index is -0.165. The van der Waals surface area contributed by atoms with E-state index in [1.165, 1.54) is 0 Å². The van der Waals surface area contributed by atoms with Crippen molar-refractivity contribution in [2.75, 3.05) is 13.2 Å². The average Bonchev–Trinajstić information content (AvgIpc) is 2.29. The van der Waals surface area contributed by atoms with Gasteiger partial charge in [0, 0.05) is 0 Å². The van der Waals surface area contributed by atoms with Crippen molar-refractivity contribution < 1.29 is 14.6 Å². The summed E-state index contributed by atoms with van der Waals surface area (Å²) in [6.07, 6.45) is -0.0762. The number of benzene rings is 1. The van der Waals surface area contributed by atoms with Crippen LogP contribution in [0.1, 0.15) is 17.2 Å². The van der Waals surface area contributed by atoms with Gasteiger partial charge in [-0.15, -0.1) is 12.6 Å². The summed E-state index contributed by atoms with van der Waals surface area (Å²) >= 11 is 4.22. The Bertz CT molecular complexity index is 329. The van der Waals surface area contributed by atoms with Crippen molar-refractivity contribution in [1.29, 1.82) is 0 Å². The molecule has 0 aromatic heterocycles. The third kappa shape index (κ3) is 2.72. The molecule has 1 aliphatic rings. The van der Waals surface area contributed by atoms with Crippen LogP contribution in [0.5, 0.6) is 0 Å². The molecular formula is C11H14O3S.